The van der Waals surface area contributed by atoms with Crippen LogP contribution >= 0.6 is 0 Å². The number of allylic oxidation sites excluding steroid dienone is 4. The average Bonchev–Trinajstić information content (AvgIpc) is 2.73. The van der Waals surface area contributed by atoms with Crippen molar-refractivity contribution in [1.29, 1.82) is 0 Å². The lowest BCUT2D eigenvalue weighted by Gasteiger charge is -2.24. The van der Waals surface area contributed by atoms with Crippen molar-refractivity contribution in [1.82, 2.24) is 9.55 Å². The maximum Gasteiger partial charge on any atom is 0.189 e. The van der Waals surface area contributed by atoms with Crippen LogP contribution in [0, 0.1) is 5.41 Å². The number of aryl methyl sites for hydroxylation is 1. The molecule has 0 amide bonds. The van der Waals surface area contributed by atoms with E-state index in [4.69, 9.17) is 0 Å². The summed E-state index contributed by atoms with van der Waals surface area (Å²) in [5.41, 5.74) is 1.32. The van der Waals surface area contributed by atoms with E-state index >= 15 is 0 Å². The van der Waals surface area contributed by atoms with Crippen LogP contribution in [0.2, 0.25) is 0 Å². The molecule has 106 valence electrons. The molecule has 1 heterocycles. The fraction of sp³-hybridized carbons (Fsp3) is 0.438. The first-order valence-corrected chi connectivity index (χ1v) is 6.74. The molecule has 1 aliphatic carbocycles. The molecule has 1 aromatic heterocycles. The van der Waals surface area contributed by atoms with Crippen LogP contribution in [0.3, 0.4) is 0 Å². The highest BCUT2D eigenvalue weighted by atomic mass is 16.1. The van der Waals surface area contributed by atoms with Crippen LogP contribution in [0.1, 0.15) is 33.0 Å². The van der Waals surface area contributed by atoms with Gasteiger partial charge in [0.25, 0.3) is 0 Å². The Morgan fingerprint density at radius 1 is 1.40 bits per heavy atom. The first-order valence-electron chi connectivity index (χ1n) is 6.74. The number of imidazole rings is 1. The van der Waals surface area contributed by atoms with Crippen LogP contribution in [-0.2, 0) is 23.1 Å². The molecule has 20 heavy (non-hydrogen) atoms. The predicted octanol–water partition coefficient (Wildman–Crippen LogP) is 2.40. The number of carbonyl (C=O) groups is 2. The smallest absolute Gasteiger partial charge is 0.189 e. The van der Waals surface area contributed by atoms with Gasteiger partial charge in [0.2, 0.25) is 0 Å². The van der Waals surface area contributed by atoms with E-state index < -0.39 is 0 Å². The van der Waals surface area contributed by atoms with E-state index in [1.807, 2.05) is 7.05 Å². The molecular formula is C16H20N2O2. The molecule has 0 spiro atoms. The van der Waals surface area contributed by atoms with E-state index in [1.54, 1.807) is 29.1 Å². The molecule has 0 aromatic carbocycles. The largest absolute Gasteiger partial charge is 0.338 e. The highest BCUT2D eigenvalue weighted by Crippen LogP contribution is 2.31. The number of hydrogen-bond donors (Lipinski definition) is 0. The van der Waals surface area contributed by atoms with Gasteiger partial charge in [-0.15, -0.1) is 0 Å². The molecular weight excluding hydrogens is 252 g/mol. The third kappa shape index (κ3) is 2.95. The zero-order valence-electron chi connectivity index (χ0n) is 12.4. The SMILES string of the molecule is Cn1ccnc1CC(=O)C1=CCC(C(C)(C)C)=CC1=O. The van der Waals surface area contributed by atoms with Crippen molar-refractivity contribution in [2.75, 3.05) is 0 Å². The molecule has 4 heteroatoms. The van der Waals surface area contributed by atoms with Crippen LogP contribution in [0.25, 0.3) is 0 Å². The van der Waals surface area contributed by atoms with Crippen LogP contribution in [-0.4, -0.2) is 21.1 Å². The maximum atomic E-state index is 12.2. The van der Waals surface area contributed by atoms with Crippen LogP contribution in [0.15, 0.2) is 35.7 Å². The molecule has 0 unspecified atom stereocenters. The molecule has 1 aliphatic rings. The van der Waals surface area contributed by atoms with E-state index in [0.29, 0.717) is 17.8 Å². The van der Waals surface area contributed by atoms with Crippen molar-refractivity contribution >= 4 is 11.6 Å². The second-order valence-electron chi connectivity index (χ2n) is 6.16. The zero-order chi connectivity index (χ0) is 14.9. The number of hydrogen-bond acceptors (Lipinski definition) is 3. The van der Waals surface area contributed by atoms with Gasteiger partial charge in [-0.3, -0.25) is 9.59 Å². The van der Waals surface area contributed by atoms with Gasteiger partial charge >= 0.3 is 0 Å². The van der Waals surface area contributed by atoms with Crippen LogP contribution in [0.4, 0.5) is 0 Å². The van der Waals surface area contributed by atoms with Gasteiger partial charge in [-0.1, -0.05) is 32.4 Å². The van der Waals surface area contributed by atoms with Crippen molar-refractivity contribution < 1.29 is 9.59 Å². The van der Waals surface area contributed by atoms with Gasteiger partial charge in [-0.05, 0) is 17.9 Å². The Bertz CT molecular complexity index is 613. The van der Waals surface area contributed by atoms with Gasteiger partial charge in [-0.2, -0.15) is 0 Å². The Kier molecular flexibility index (Phi) is 3.75. The number of nitrogens with zero attached hydrogens (tertiary/aromatic N) is 2. The second kappa shape index (κ2) is 5.19. The minimum Gasteiger partial charge on any atom is -0.338 e. The summed E-state index contributed by atoms with van der Waals surface area (Å²) in [6, 6.07) is 0. The molecule has 0 aliphatic heterocycles. The summed E-state index contributed by atoms with van der Waals surface area (Å²) in [4.78, 5) is 28.4. The van der Waals surface area contributed by atoms with Gasteiger partial charge in [0.15, 0.2) is 11.6 Å². The topological polar surface area (TPSA) is 52.0 Å². The lowest BCUT2D eigenvalue weighted by molar-refractivity contribution is -0.119. The summed E-state index contributed by atoms with van der Waals surface area (Å²) in [5.74, 6) is 0.336. The summed E-state index contributed by atoms with van der Waals surface area (Å²) in [6.07, 6.45) is 7.64. The molecule has 4 nitrogen and oxygen atoms in total. The normalized spacial score (nSPS) is 15.9. The fourth-order valence-electron chi connectivity index (χ4n) is 2.19. The van der Waals surface area contributed by atoms with E-state index in [9.17, 15) is 9.59 Å². The monoisotopic (exact) mass is 272 g/mol. The Labute approximate surface area is 119 Å². The summed E-state index contributed by atoms with van der Waals surface area (Å²) in [5, 5.41) is 0. The molecule has 1 aromatic rings. The number of rotatable bonds is 3. The van der Waals surface area contributed by atoms with Crippen molar-refractivity contribution in [3.05, 3.63) is 41.5 Å². The molecule has 0 N–H and O–H groups in total. The average molecular weight is 272 g/mol. The van der Waals surface area contributed by atoms with Gasteiger partial charge < -0.3 is 4.57 Å². The van der Waals surface area contributed by atoms with Gasteiger partial charge in [0, 0.05) is 19.4 Å². The molecule has 2 rings (SSSR count). The summed E-state index contributed by atoms with van der Waals surface area (Å²) < 4.78 is 1.79. The Hall–Kier alpha value is -1.97. The van der Waals surface area contributed by atoms with E-state index in [0.717, 1.165) is 5.57 Å². The zero-order valence-corrected chi connectivity index (χ0v) is 12.4. The Morgan fingerprint density at radius 3 is 2.60 bits per heavy atom. The van der Waals surface area contributed by atoms with Gasteiger partial charge in [0.05, 0.1) is 12.0 Å². The summed E-state index contributed by atoms with van der Waals surface area (Å²) >= 11 is 0. The lowest BCUT2D eigenvalue weighted by Crippen LogP contribution is -2.21. The first-order chi connectivity index (χ1) is 9.29. The number of carbonyl (C=O) groups excluding carboxylic acids is 2. The van der Waals surface area contributed by atoms with Crippen molar-refractivity contribution in [3.63, 3.8) is 0 Å². The standard InChI is InChI=1S/C16H20N2O2/c1-16(2,3)11-5-6-12(13(19)9-11)14(20)10-15-17-7-8-18(15)4/h6-9H,5,10H2,1-4H3. The molecule has 0 saturated carbocycles. The molecule has 0 bridgehead atoms. The highest BCUT2D eigenvalue weighted by molar-refractivity contribution is 6.25. The minimum absolute atomic E-state index is 0.0413. The summed E-state index contributed by atoms with van der Waals surface area (Å²) in [6.45, 7) is 6.21. The van der Waals surface area contributed by atoms with Gasteiger partial charge in [0.1, 0.15) is 5.82 Å². The van der Waals surface area contributed by atoms with Crippen molar-refractivity contribution in [3.8, 4) is 0 Å². The van der Waals surface area contributed by atoms with Crippen molar-refractivity contribution in [2.24, 2.45) is 12.5 Å². The Morgan fingerprint density at radius 2 is 2.10 bits per heavy atom. The predicted molar refractivity (Wildman–Crippen MR) is 77.2 cm³/mol. The van der Waals surface area contributed by atoms with E-state index in [-0.39, 0.29) is 23.4 Å². The van der Waals surface area contributed by atoms with Crippen LogP contribution < -0.4 is 0 Å². The first kappa shape index (κ1) is 14.4. The highest BCUT2D eigenvalue weighted by Gasteiger charge is 2.26. The Balaban J connectivity index is 2.12. The molecule has 0 radical (unpaired) electrons. The third-order valence-corrected chi connectivity index (χ3v) is 3.60. The number of Topliss-reactive ketones (excluding diaryl/α,β-unsaturated/α-hetero) is 1. The lowest BCUT2D eigenvalue weighted by atomic mass is 9.80. The number of ketones is 2. The van der Waals surface area contributed by atoms with E-state index in [2.05, 4.69) is 25.8 Å². The minimum atomic E-state index is -0.180. The summed E-state index contributed by atoms with van der Waals surface area (Å²) in [7, 11) is 1.84. The van der Waals surface area contributed by atoms with E-state index in [1.165, 1.54) is 0 Å². The quantitative estimate of drug-likeness (QED) is 0.794. The van der Waals surface area contributed by atoms with Crippen LogP contribution in [0.5, 0.6) is 0 Å². The third-order valence-electron chi connectivity index (χ3n) is 3.60. The second-order valence-corrected chi connectivity index (χ2v) is 6.16. The van der Waals surface area contributed by atoms with Gasteiger partial charge in [-0.25, -0.2) is 4.98 Å². The molecule has 0 saturated heterocycles. The maximum absolute atomic E-state index is 12.2. The van der Waals surface area contributed by atoms with Crippen molar-refractivity contribution in [2.45, 2.75) is 33.6 Å². The number of aromatic nitrogens is 2. The fourth-order valence-corrected chi connectivity index (χ4v) is 2.19. The molecule has 0 atom stereocenters. The molecule has 0 fully saturated rings.